The van der Waals surface area contributed by atoms with Gasteiger partial charge in [-0.2, -0.15) is 13.2 Å². The molecule has 1 aliphatic rings. The molecule has 4 rings (SSSR count). The Morgan fingerprint density at radius 2 is 1.88 bits per heavy atom. The standard InChI is InChI=1S/C24H23F3N4O/c1-16-29-21(13-20-12-19(9-10-28-20)24(25,26)27)14-22(30-16)18-8-5-11-31(15-18)23(32)17-6-3-2-4-7-17/h2-4,6-7,9-10,12,14,18H,5,8,11,13,15H2,1H3. The van der Waals surface area contributed by atoms with Gasteiger partial charge in [0.2, 0.25) is 0 Å². The van der Waals surface area contributed by atoms with Crippen LogP contribution in [0.15, 0.2) is 54.7 Å². The van der Waals surface area contributed by atoms with Gasteiger partial charge in [0.05, 0.1) is 11.3 Å². The van der Waals surface area contributed by atoms with E-state index < -0.39 is 11.7 Å². The van der Waals surface area contributed by atoms with Crippen LogP contribution in [0.25, 0.3) is 0 Å². The van der Waals surface area contributed by atoms with Crippen LogP contribution in [0.3, 0.4) is 0 Å². The van der Waals surface area contributed by atoms with Gasteiger partial charge in [-0.1, -0.05) is 18.2 Å². The quantitative estimate of drug-likeness (QED) is 0.584. The third-order valence-electron chi connectivity index (χ3n) is 5.56. The van der Waals surface area contributed by atoms with Crippen LogP contribution in [0.4, 0.5) is 13.2 Å². The second-order valence-electron chi connectivity index (χ2n) is 8.00. The fraction of sp³-hybridized carbons (Fsp3) is 0.333. The van der Waals surface area contributed by atoms with Gasteiger partial charge >= 0.3 is 6.18 Å². The van der Waals surface area contributed by atoms with Gasteiger partial charge in [-0.25, -0.2) is 9.97 Å². The predicted molar refractivity (Wildman–Crippen MR) is 113 cm³/mol. The van der Waals surface area contributed by atoms with E-state index in [1.807, 2.05) is 29.2 Å². The van der Waals surface area contributed by atoms with Gasteiger partial charge in [-0.15, -0.1) is 0 Å². The van der Waals surface area contributed by atoms with Gasteiger partial charge in [0, 0.05) is 48.6 Å². The van der Waals surface area contributed by atoms with Crippen LogP contribution in [0.2, 0.25) is 0 Å². The summed E-state index contributed by atoms with van der Waals surface area (Å²) in [6, 6.07) is 13.0. The van der Waals surface area contributed by atoms with Crippen molar-refractivity contribution in [1.82, 2.24) is 19.9 Å². The Bertz CT molecular complexity index is 1100. The molecule has 1 saturated heterocycles. The molecular weight excluding hydrogens is 417 g/mol. The smallest absolute Gasteiger partial charge is 0.338 e. The van der Waals surface area contributed by atoms with E-state index >= 15 is 0 Å². The number of halogens is 3. The number of aromatic nitrogens is 3. The summed E-state index contributed by atoms with van der Waals surface area (Å²) >= 11 is 0. The average molecular weight is 440 g/mol. The van der Waals surface area contributed by atoms with Crippen molar-refractivity contribution in [3.8, 4) is 0 Å². The molecule has 0 saturated carbocycles. The maximum atomic E-state index is 13.0. The van der Waals surface area contributed by atoms with E-state index in [4.69, 9.17) is 0 Å². The van der Waals surface area contributed by atoms with E-state index in [-0.39, 0.29) is 18.2 Å². The molecule has 3 aromatic rings. The highest BCUT2D eigenvalue weighted by Crippen LogP contribution is 2.30. The molecule has 0 N–H and O–H groups in total. The van der Waals surface area contributed by atoms with Crippen molar-refractivity contribution in [2.45, 2.75) is 38.3 Å². The zero-order valence-corrected chi connectivity index (χ0v) is 17.6. The Labute approximate surface area is 184 Å². The first-order valence-corrected chi connectivity index (χ1v) is 10.5. The molecule has 0 bridgehead atoms. The van der Waals surface area contributed by atoms with Gasteiger partial charge in [0.1, 0.15) is 5.82 Å². The number of hydrogen-bond acceptors (Lipinski definition) is 4. The lowest BCUT2D eigenvalue weighted by Crippen LogP contribution is -2.39. The highest BCUT2D eigenvalue weighted by atomic mass is 19.4. The fourth-order valence-electron chi connectivity index (χ4n) is 4.06. The van der Waals surface area contributed by atoms with E-state index in [1.54, 1.807) is 19.1 Å². The number of pyridine rings is 1. The summed E-state index contributed by atoms with van der Waals surface area (Å²) in [5.41, 5.74) is 1.66. The van der Waals surface area contributed by atoms with Gasteiger partial charge < -0.3 is 4.90 Å². The molecule has 0 aliphatic carbocycles. The van der Waals surface area contributed by atoms with Crippen LogP contribution in [-0.2, 0) is 12.6 Å². The molecule has 1 unspecified atom stereocenters. The second-order valence-corrected chi connectivity index (χ2v) is 8.00. The summed E-state index contributed by atoms with van der Waals surface area (Å²) in [5.74, 6) is 0.594. The number of nitrogens with zero attached hydrogens (tertiary/aromatic N) is 4. The van der Waals surface area contributed by atoms with Crippen molar-refractivity contribution in [3.05, 3.63) is 88.8 Å². The number of likely N-dealkylation sites (tertiary alicyclic amines) is 1. The molecule has 1 aliphatic heterocycles. The number of hydrogen-bond donors (Lipinski definition) is 0. The highest BCUT2D eigenvalue weighted by molar-refractivity contribution is 5.94. The molecule has 1 fully saturated rings. The first-order valence-electron chi connectivity index (χ1n) is 10.5. The second kappa shape index (κ2) is 9.06. The van der Waals surface area contributed by atoms with Crippen LogP contribution in [-0.4, -0.2) is 38.8 Å². The molecule has 8 heteroatoms. The predicted octanol–water partition coefficient (Wildman–Crippen LogP) is 4.81. The summed E-state index contributed by atoms with van der Waals surface area (Å²) in [6.07, 6.45) is -1.32. The number of carbonyl (C=O) groups excluding carboxylic acids is 1. The number of amides is 1. The van der Waals surface area contributed by atoms with E-state index in [0.717, 1.165) is 30.7 Å². The van der Waals surface area contributed by atoms with E-state index in [1.165, 1.54) is 6.20 Å². The zero-order chi connectivity index (χ0) is 22.7. The minimum Gasteiger partial charge on any atom is -0.338 e. The molecule has 32 heavy (non-hydrogen) atoms. The first-order chi connectivity index (χ1) is 15.3. The topological polar surface area (TPSA) is 59.0 Å². The van der Waals surface area contributed by atoms with Crippen LogP contribution in [0, 0.1) is 6.92 Å². The molecule has 5 nitrogen and oxygen atoms in total. The normalized spacial score (nSPS) is 16.8. The number of piperidine rings is 1. The maximum absolute atomic E-state index is 13.0. The summed E-state index contributed by atoms with van der Waals surface area (Å²) in [7, 11) is 0. The highest BCUT2D eigenvalue weighted by Gasteiger charge is 2.31. The van der Waals surface area contributed by atoms with Crippen molar-refractivity contribution in [1.29, 1.82) is 0 Å². The maximum Gasteiger partial charge on any atom is 0.416 e. The summed E-state index contributed by atoms with van der Waals surface area (Å²) in [4.78, 5) is 27.8. The number of rotatable bonds is 4. The van der Waals surface area contributed by atoms with Crippen LogP contribution in [0.5, 0.6) is 0 Å². The Kier molecular flexibility index (Phi) is 6.21. The van der Waals surface area contributed by atoms with Crippen molar-refractivity contribution in [3.63, 3.8) is 0 Å². The van der Waals surface area contributed by atoms with Crippen molar-refractivity contribution in [2.75, 3.05) is 13.1 Å². The lowest BCUT2D eigenvalue weighted by atomic mass is 9.93. The van der Waals surface area contributed by atoms with Gasteiger partial charge in [-0.05, 0) is 50.1 Å². The van der Waals surface area contributed by atoms with Crippen molar-refractivity contribution >= 4 is 5.91 Å². The van der Waals surface area contributed by atoms with E-state index in [0.29, 0.717) is 35.9 Å². The van der Waals surface area contributed by atoms with Crippen molar-refractivity contribution < 1.29 is 18.0 Å². The summed E-state index contributed by atoms with van der Waals surface area (Å²) < 4.78 is 39.1. The number of carbonyl (C=O) groups is 1. The molecule has 0 radical (unpaired) electrons. The number of aryl methyl sites for hydroxylation is 1. The molecule has 1 atom stereocenters. The Morgan fingerprint density at radius 1 is 1.09 bits per heavy atom. The van der Waals surface area contributed by atoms with Crippen LogP contribution < -0.4 is 0 Å². The minimum atomic E-state index is -4.42. The SMILES string of the molecule is Cc1nc(Cc2cc(C(F)(F)F)ccn2)cc(C2CCCN(C(=O)c3ccccc3)C2)n1. The van der Waals surface area contributed by atoms with Crippen LogP contribution in [0.1, 0.15) is 57.6 Å². The van der Waals surface area contributed by atoms with E-state index in [2.05, 4.69) is 15.0 Å². The Morgan fingerprint density at radius 3 is 2.62 bits per heavy atom. The average Bonchev–Trinajstić information content (AvgIpc) is 2.78. The van der Waals surface area contributed by atoms with Gasteiger partial charge in [0.15, 0.2) is 0 Å². The lowest BCUT2D eigenvalue weighted by molar-refractivity contribution is -0.137. The molecule has 2 aromatic heterocycles. The monoisotopic (exact) mass is 440 g/mol. The fourth-order valence-corrected chi connectivity index (χ4v) is 4.06. The molecular formula is C24H23F3N4O. The first kappa shape index (κ1) is 21.9. The largest absolute Gasteiger partial charge is 0.416 e. The molecule has 1 amide bonds. The Balaban J connectivity index is 1.53. The minimum absolute atomic E-state index is 0.00512. The summed E-state index contributed by atoms with van der Waals surface area (Å²) in [5, 5.41) is 0. The van der Waals surface area contributed by atoms with Gasteiger partial charge in [-0.3, -0.25) is 9.78 Å². The van der Waals surface area contributed by atoms with Gasteiger partial charge in [0.25, 0.3) is 5.91 Å². The third kappa shape index (κ3) is 5.12. The number of benzene rings is 1. The van der Waals surface area contributed by atoms with Crippen LogP contribution >= 0.6 is 0 Å². The lowest BCUT2D eigenvalue weighted by Gasteiger charge is -2.32. The zero-order valence-electron chi connectivity index (χ0n) is 17.6. The molecule has 0 spiro atoms. The Hall–Kier alpha value is -3.29. The molecule has 3 heterocycles. The molecule has 1 aromatic carbocycles. The molecule has 166 valence electrons. The number of alkyl halides is 3. The third-order valence-corrected chi connectivity index (χ3v) is 5.56. The summed E-state index contributed by atoms with van der Waals surface area (Å²) in [6.45, 7) is 3.00. The van der Waals surface area contributed by atoms with Crippen molar-refractivity contribution in [2.24, 2.45) is 0 Å². The van der Waals surface area contributed by atoms with E-state index in [9.17, 15) is 18.0 Å².